The number of hydrogen-bond donors (Lipinski definition) is 2. The van der Waals surface area contributed by atoms with E-state index in [0.717, 1.165) is 4.90 Å². The molecule has 0 aromatic rings. The van der Waals surface area contributed by atoms with Crippen molar-refractivity contribution in [2.24, 2.45) is 0 Å². The van der Waals surface area contributed by atoms with Crippen molar-refractivity contribution in [2.45, 2.75) is 12.3 Å². The molecule has 7 heteroatoms. The summed E-state index contributed by atoms with van der Waals surface area (Å²) in [5.41, 5.74) is 0. The van der Waals surface area contributed by atoms with E-state index < -0.39 is 24.7 Å². The number of carbonyl (C=O) groups is 1. The van der Waals surface area contributed by atoms with Gasteiger partial charge in [-0.1, -0.05) is 6.08 Å². The Bertz CT molecular complexity index is 243. The van der Waals surface area contributed by atoms with Crippen molar-refractivity contribution < 1.29 is 23.1 Å². The van der Waals surface area contributed by atoms with Gasteiger partial charge >= 0.3 is 6.18 Å². The largest absolute Gasteiger partial charge is 0.415 e. The van der Waals surface area contributed by atoms with Gasteiger partial charge in [0.1, 0.15) is 0 Å². The van der Waals surface area contributed by atoms with Crippen molar-refractivity contribution >= 4 is 5.91 Å². The SMILES string of the molecule is C=CCNC(=O)CN(C)CC(O)C(F)(F)F. The molecule has 1 amide bonds. The second-order valence-electron chi connectivity index (χ2n) is 3.35. The van der Waals surface area contributed by atoms with Gasteiger partial charge in [-0.25, -0.2) is 0 Å². The fraction of sp³-hybridized carbons (Fsp3) is 0.667. The first-order chi connectivity index (χ1) is 7.27. The van der Waals surface area contributed by atoms with Crippen LogP contribution in [0.5, 0.6) is 0 Å². The first-order valence-electron chi connectivity index (χ1n) is 4.58. The molecule has 0 aromatic carbocycles. The van der Waals surface area contributed by atoms with Gasteiger partial charge in [0.15, 0.2) is 6.10 Å². The maximum Gasteiger partial charge on any atom is 0.415 e. The minimum atomic E-state index is -4.66. The molecule has 0 rings (SSSR count). The zero-order chi connectivity index (χ0) is 12.8. The van der Waals surface area contributed by atoms with Crippen LogP contribution in [0, 0.1) is 0 Å². The van der Waals surface area contributed by atoms with Crippen LogP contribution in [0.15, 0.2) is 12.7 Å². The third-order valence-corrected chi connectivity index (χ3v) is 1.72. The lowest BCUT2D eigenvalue weighted by Crippen LogP contribution is -2.43. The summed E-state index contributed by atoms with van der Waals surface area (Å²) in [4.78, 5) is 12.2. The van der Waals surface area contributed by atoms with E-state index in [-0.39, 0.29) is 13.1 Å². The molecule has 0 aliphatic carbocycles. The minimum Gasteiger partial charge on any atom is -0.382 e. The molecule has 16 heavy (non-hydrogen) atoms. The van der Waals surface area contributed by atoms with Crippen LogP contribution in [0.25, 0.3) is 0 Å². The molecule has 0 aliphatic rings. The fourth-order valence-corrected chi connectivity index (χ4v) is 0.950. The van der Waals surface area contributed by atoms with Gasteiger partial charge in [0.05, 0.1) is 6.54 Å². The number of nitrogens with zero attached hydrogens (tertiary/aromatic N) is 1. The molecule has 0 saturated carbocycles. The third-order valence-electron chi connectivity index (χ3n) is 1.72. The summed E-state index contributed by atoms with van der Waals surface area (Å²) in [6.45, 7) is 2.79. The van der Waals surface area contributed by atoms with Gasteiger partial charge in [-0.05, 0) is 7.05 Å². The molecule has 0 spiro atoms. The molecule has 0 heterocycles. The molecule has 1 atom stereocenters. The molecule has 0 radical (unpaired) electrons. The zero-order valence-corrected chi connectivity index (χ0v) is 8.92. The number of amides is 1. The summed E-state index contributed by atoms with van der Waals surface area (Å²) in [5.74, 6) is -0.420. The average Bonchev–Trinajstić information content (AvgIpc) is 2.12. The minimum absolute atomic E-state index is 0.207. The van der Waals surface area contributed by atoms with Gasteiger partial charge in [-0.15, -0.1) is 6.58 Å². The number of nitrogens with one attached hydrogen (secondary N) is 1. The Morgan fingerprint density at radius 2 is 2.19 bits per heavy atom. The number of likely N-dealkylation sites (N-methyl/N-ethyl adjacent to an activating group) is 1. The van der Waals surface area contributed by atoms with Gasteiger partial charge in [0.25, 0.3) is 0 Å². The molecule has 1 unspecified atom stereocenters. The van der Waals surface area contributed by atoms with E-state index in [9.17, 15) is 18.0 Å². The molecule has 0 saturated heterocycles. The quantitative estimate of drug-likeness (QED) is 0.649. The van der Waals surface area contributed by atoms with E-state index in [0.29, 0.717) is 0 Å². The highest BCUT2D eigenvalue weighted by atomic mass is 19.4. The lowest BCUT2D eigenvalue weighted by Gasteiger charge is -2.21. The van der Waals surface area contributed by atoms with Crippen LogP contribution >= 0.6 is 0 Å². The smallest absolute Gasteiger partial charge is 0.382 e. The topological polar surface area (TPSA) is 52.6 Å². The summed E-state index contributed by atoms with van der Waals surface area (Å²) in [6, 6.07) is 0. The zero-order valence-electron chi connectivity index (χ0n) is 8.92. The first-order valence-corrected chi connectivity index (χ1v) is 4.58. The van der Waals surface area contributed by atoms with E-state index in [1.54, 1.807) is 0 Å². The van der Waals surface area contributed by atoms with Crippen molar-refractivity contribution in [1.29, 1.82) is 0 Å². The van der Waals surface area contributed by atoms with Crippen LogP contribution in [-0.4, -0.2) is 54.9 Å². The lowest BCUT2D eigenvalue weighted by molar-refractivity contribution is -0.207. The summed E-state index contributed by atoms with van der Waals surface area (Å²) in [6.07, 6.45) is -5.64. The number of rotatable bonds is 6. The van der Waals surface area contributed by atoms with Crippen LogP contribution in [0.3, 0.4) is 0 Å². The second-order valence-corrected chi connectivity index (χ2v) is 3.35. The third kappa shape index (κ3) is 6.41. The Labute approximate surface area is 91.7 Å². The molecular weight excluding hydrogens is 225 g/mol. The standard InChI is InChI=1S/C9H15F3N2O2/c1-3-4-13-8(16)6-14(2)5-7(15)9(10,11)12/h3,7,15H,1,4-6H2,2H3,(H,13,16). The van der Waals surface area contributed by atoms with Gasteiger partial charge in [0, 0.05) is 13.1 Å². The predicted octanol–water partition coefficient (Wildman–Crippen LogP) is 0.144. The van der Waals surface area contributed by atoms with Gasteiger partial charge < -0.3 is 10.4 Å². The van der Waals surface area contributed by atoms with Crippen molar-refractivity contribution in [3.63, 3.8) is 0 Å². The van der Waals surface area contributed by atoms with Gasteiger partial charge in [0.2, 0.25) is 5.91 Å². The molecule has 0 aliphatic heterocycles. The molecule has 0 bridgehead atoms. The second kappa shape index (κ2) is 6.49. The summed E-state index contributed by atoms with van der Waals surface area (Å²) in [5, 5.41) is 11.1. The highest BCUT2D eigenvalue weighted by Gasteiger charge is 2.38. The highest BCUT2D eigenvalue weighted by Crippen LogP contribution is 2.20. The number of aliphatic hydroxyl groups excluding tert-OH is 1. The summed E-state index contributed by atoms with van der Waals surface area (Å²) < 4.78 is 35.9. The van der Waals surface area contributed by atoms with Gasteiger partial charge in [-0.2, -0.15) is 13.2 Å². The van der Waals surface area contributed by atoms with E-state index in [1.807, 2.05) is 0 Å². The fourth-order valence-electron chi connectivity index (χ4n) is 0.950. The number of carbonyl (C=O) groups excluding carboxylic acids is 1. The molecule has 94 valence electrons. The van der Waals surface area contributed by atoms with E-state index in [1.165, 1.54) is 13.1 Å². The van der Waals surface area contributed by atoms with Crippen LogP contribution in [0.2, 0.25) is 0 Å². The Morgan fingerprint density at radius 3 is 2.62 bits per heavy atom. The van der Waals surface area contributed by atoms with Crippen molar-refractivity contribution in [3.8, 4) is 0 Å². The average molecular weight is 240 g/mol. The lowest BCUT2D eigenvalue weighted by atomic mass is 10.3. The highest BCUT2D eigenvalue weighted by molar-refractivity contribution is 5.78. The normalized spacial score (nSPS) is 13.6. The summed E-state index contributed by atoms with van der Waals surface area (Å²) in [7, 11) is 1.32. The van der Waals surface area contributed by atoms with Crippen molar-refractivity contribution in [2.75, 3.05) is 26.7 Å². The predicted molar refractivity (Wildman–Crippen MR) is 52.8 cm³/mol. The van der Waals surface area contributed by atoms with Crippen molar-refractivity contribution in [1.82, 2.24) is 10.2 Å². The van der Waals surface area contributed by atoms with Gasteiger partial charge in [-0.3, -0.25) is 9.69 Å². The van der Waals surface area contributed by atoms with Crippen LogP contribution in [0.1, 0.15) is 0 Å². The van der Waals surface area contributed by atoms with Crippen LogP contribution < -0.4 is 5.32 Å². The first kappa shape index (κ1) is 14.9. The van der Waals surface area contributed by atoms with E-state index in [4.69, 9.17) is 5.11 Å². The Balaban J connectivity index is 3.94. The van der Waals surface area contributed by atoms with E-state index >= 15 is 0 Å². The van der Waals surface area contributed by atoms with Crippen molar-refractivity contribution in [3.05, 3.63) is 12.7 Å². The molecule has 0 aromatic heterocycles. The van der Waals surface area contributed by atoms with Crippen LogP contribution in [-0.2, 0) is 4.79 Å². The number of halogens is 3. The number of alkyl halides is 3. The molecule has 0 fully saturated rings. The molecule has 2 N–H and O–H groups in total. The number of hydrogen-bond acceptors (Lipinski definition) is 3. The number of aliphatic hydroxyl groups is 1. The molecule has 4 nitrogen and oxygen atoms in total. The maximum absolute atomic E-state index is 12.0. The Kier molecular flexibility index (Phi) is 6.05. The Morgan fingerprint density at radius 1 is 1.62 bits per heavy atom. The Hall–Kier alpha value is -1.08. The summed E-state index contributed by atoms with van der Waals surface area (Å²) >= 11 is 0. The van der Waals surface area contributed by atoms with Crippen LogP contribution in [0.4, 0.5) is 13.2 Å². The molecular formula is C9H15F3N2O2. The monoisotopic (exact) mass is 240 g/mol. The van der Waals surface area contributed by atoms with E-state index in [2.05, 4.69) is 11.9 Å². The maximum atomic E-state index is 12.0.